The molecule has 0 aliphatic carbocycles. The van der Waals surface area contributed by atoms with E-state index in [1.807, 2.05) is 18.5 Å². The van der Waals surface area contributed by atoms with Crippen molar-refractivity contribution >= 4 is 0 Å². The summed E-state index contributed by atoms with van der Waals surface area (Å²) in [4.78, 5) is 10.9. The van der Waals surface area contributed by atoms with Crippen molar-refractivity contribution < 1.29 is 0 Å². The summed E-state index contributed by atoms with van der Waals surface area (Å²) in [6.07, 6.45) is 3.82. The summed E-state index contributed by atoms with van der Waals surface area (Å²) in [5.74, 6) is 1.38. The van der Waals surface area contributed by atoms with Crippen molar-refractivity contribution in [3.8, 4) is 11.3 Å². The number of imidazole rings is 1. The highest BCUT2D eigenvalue weighted by atomic mass is 15.0. The Morgan fingerprint density at radius 3 is 2.80 bits per heavy atom. The van der Waals surface area contributed by atoms with Gasteiger partial charge < -0.3 is 15.7 Å². The largest absolute Gasteiger partial charge is 0.367 e. The van der Waals surface area contributed by atoms with Crippen LogP contribution >= 0.6 is 0 Å². The Morgan fingerprint density at radius 2 is 2.27 bits per heavy atom. The summed E-state index contributed by atoms with van der Waals surface area (Å²) in [6, 6.07) is 2.00. The highest BCUT2D eigenvalue weighted by molar-refractivity contribution is 5.61. The Morgan fingerprint density at radius 1 is 1.47 bits per heavy atom. The number of aromatic nitrogens is 3. The van der Waals surface area contributed by atoms with Crippen molar-refractivity contribution in [1.82, 2.24) is 15.0 Å². The number of hydrogen-bond acceptors (Lipinski definition) is 2. The van der Waals surface area contributed by atoms with Gasteiger partial charge in [-0.25, -0.2) is 4.98 Å². The zero-order chi connectivity index (χ0) is 10.8. The van der Waals surface area contributed by atoms with Crippen LogP contribution in [0.4, 0.5) is 0 Å². The zero-order valence-corrected chi connectivity index (χ0v) is 9.04. The van der Waals surface area contributed by atoms with E-state index in [9.17, 15) is 0 Å². The lowest BCUT2D eigenvalue weighted by Crippen LogP contribution is -1.98. The summed E-state index contributed by atoms with van der Waals surface area (Å²) >= 11 is 0. The van der Waals surface area contributed by atoms with Crippen molar-refractivity contribution in [3.05, 3.63) is 30.0 Å². The van der Waals surface area contributed by atoms with Gasteiger partial charge >= 0.3 is 0 Å². The van der Waals surface area contributed by atoms with Crippen LogP contribution in [0.2, 0.25) is 0 Å². The summed E-state index contributed by atoms with van der Waals surface area (Å²) in [5, 5.41) is 0. The lowest BCUT2D eigenvalue weighted by Gasteiger charge is -1.96. The Labute approximate surface area is 88.9 Å². The molecule has 0 spiro atoms. The fourth-order valence-corrected chi connectivity index (χ4v) is 1.56. The number of H-pyrrole nitrogens is 2. The van der Waals surface area contributed by atoms with E-state index in [0.29, 0.717) is 12.5 Å². The fraction of sp³-hybridized carbons (Fsp3) is 0.364. The minimum Gasteiger partial charge on any atom is -0.367 e. The maximum absolute atomic E-state index is 5.69. The Bertz CT molecular complexity index is 425. The summed E-state index contributed by atoms with van der Waals surface area (Å²) in [5.41, 5.74) is 8.73. The van der Waals surface area contributed by atoms with Crippen LogP contribution in [0.15, 0.2) is 18.5 Å². The van der Waals surface area contributed by atoms with Gasteiger partial charge in [0, 0.05) is 30.4 Å². The van der Waals surface area contributed by atoms with Gasteiger partial charge in [-0.15, -0.1) is 0 Å². The number of nitrogens with zero attached hydrogens (tertiary/aromatic N) is 1. The number of aromatic amines is 2. The lowest BCUT2D eigenvalue weighted by atomic mass is 10.2. The second-order valence-electron chi connectivity index (χ2n) is 3.91. The fourth-order valence-electron chi connectivity index (χ4n) is 1.56. The van der Waals surface area contributed by atoms with E-state index in [4.69, 9.17) is 5.73 Å². The Kier molecular flexibility index (Phi) is 2.60. The van der Waals surface area contributed by atoms with Crippen LogP contribution < -0.4 is 5.73 Å². The highest BCUT2D eigenvalue weighted by Crippen LogP contribution is 2.23. The smallest absolute Gasteiger partial charge is 0.109 e. The third-order valence-corrected chi connectivity index (χ3v) is 2.42. The van der Waals surface area contributed by atoms with Crippen LogP contribution in [-0.4, -0.2) is 15.0 Å². The topological polar surface area (TPSA) is 70.5 Å². The molecule has 80 valence electrons. The van der Waals surface area contributed by atoms with E-state index >= 15 is 0 Å². The standard InChI is InChI=1S/C11H16N4/c1-7(2)11-14-9(5-12)10(15-11)8-3-4-13-6-8/h3-4,6-7,13H,5,12H2,1-2H3,(H,14,15). The van der Waals surface area contributed by atoms with Crippen LogP contribution in [0.5, 0.6) is 0 Å². The van der Waals surface area contributed by atoms with E-state index in [0.717, 1.165) is 22.8 Å². The molecule has 0 saturated heterocycles. The number of rotatable bonds is 3. The van der Waals surface area contributed by atoms with Crippen LogP contribution in [0.1, 0.15) is 31.3 Å². The van der Waals surface area contributed by atoms with E-state index in [-0.39, 0.29) is 0 Å². The molecular formula is C11H16N4. The summed E-state index contributed by atoms with van der Waals surface area (Å²) in [6.45, 7) is 4.71. The first-order valence-corrected chi connectivity index (χ1v) is 5.14. The maximum atomic E-state index is 5.69. The molecule has 2 heterocycles. The molecule has 0 aliphatic rings. The minimum atomic E-state index is 0.392. The average molecular weight is 204 g/mol. The van der Waals surface area contributed by atoms with Crippen molar-refractivity contribution in [3.63, 3.8) is 0 Å². The van der Waals surface area contributed by atoms with E-state index in [1.54, 1.807) is 0 Å². The van der Waals surface area contributed by atoms with Crippen molar-refractivity contribution in [2.75, 3.05) is 0 Å². The van der Waals surface area contributed by atoms with Crippen LogP contribution in [-0.2, 0) is 6.54 Å². The molecule has 0 aliphatic heterocycles. The van der Waals surface area contributed by atoms with E-state index in [2.05, 4.69) is 28.8 Å². The molecule has 2 rings (SSSR count). The molecule has 0 atom stereocenters. The molecule has 2 aromatic rings. The SMILES string of the molecule is CC(C)c1nc(-c2cc[nH]c2)c(CN)[nH]1. The molecule has 15 heavy (non-hydrogen) atoms. The van der Waals surface area contributed by atoms with Gasteiger partial charge in [-0.05, 0) is 6.07 Å². The molecular weight excluding hydrogens is 188 g/mol. The first-order valence-electron chi connectivity index (χ1n) is 5.14. The van der Waals surface area contributed by atoms with Gasteiger partial charge in [-0.3, -0.25) is 0 Å². The molecule has 0 fully saturated rings. The molecule has 4 nitrogen and oxygen atoms in total. The second-order valence-corrected chi connectivity index (χ2v) is 3.91. The first-order chi connectivity index (χ1) is 7.22. The zero-order valence-electron chi connectivity index (χ0n) is 9.04. The van der Waals surface area contributed by atoms with Gasteiger partial charge in [-0.2, -0.15) is 0 Å². The summed E-state index contributed by atoms with van der Waals surface area (Å²) < 4.78 is 0. The molecule has 4 heteroatoms. The Hall–Kier alpha value is -1.55. The molecule has 0 amide bonds. The van der Waals surface area contributed by atoms with Gasteiger partial charge in [0.15, 0.2) is 0 Å². The molecule has 0 aromatic carbocycles. The number of hydrogen-bond donors (Lipinski definition) is 3. The lowest BCUT2D eigenvalue weighted by molar-refractivity contribution is 0.788. The molecule has 4 N–H and O–H groups in total. The average Bonchev–Trinajstić information content (AvgIpc) is 2.86. The minimum absolute atomic E-state index is 0.392. The molecule has 0 radical (unpaired) electrons. The highest BCUT2D eigenvalue weighted by Gasteiger charge is 2.12. The molecule has 0 unspecified atom stereocenters. The predicted molar refractivity (Wildman–Crippen MR) is 60.4 cm³/mol. The third-order valence-electron chi connectivity index (χ3n) is 2.42. The predicted octanol–water partition coefficient (Wildman–Crippen LogP) is 1.99. The van der Waals surface area contributed by atoms with Gasteiger partial charge in [-0.1, -0.05) is 13.8 Å². The number of nitrogens with one attached hydrogen (secondary N) is 2. The molecule has 0 saturated carbocycles. The van der Waals surface area contributed by atoms with E-state index < -0.39 is 0 Å². The third kappa shape index (κ3) is 1.80. The van der Waals surface area contributed by atoms with Gasteiger partial charge in [0.25, 0.3) is 0 Å². The van der Waals surface area contributed by atoms with Crippen LogP contribution in [0, 0.1) is 0 Å². The number of nitrogens with two attached hydrogens (primary N) is 1. The Balaban J connectivity index is 2.46. The maximum Gasteiger partial charge on any atom is 0.109 e. The monoisotopic (exact) mass is 204 g/mol. The summed E-state index contributed by atoms with van der Waals surface area (Å²) in [7, 11) is 0. The van der Waals surface area contributed by atoms with Gasteiger partial charge in [0.05, 0.1) is 11.4 Å². The van der Waals surface area contributed by atoms with Gasteiger partial charge in [0.2, 0.25) is 0 Å². The van der Waals surface area contributed by atoms with Crippen molar-refractivity contribution in [2.24, 2.45) is 5.73 Å². The van der Waals surface area contributed by atoms with Gasteiger partial charge in [0.1, 0.15) is 5.82 Å². The normalized spacial score (nSPS) is 11.2. The molecule has 2 aromatic heterocycles. The van der Waals surface area contributed by atoms with Crippen LogP contribution in [0.25, 0.3) is 11.3 Å². The van der Waals surface area contributed by atoms with Crippen molar-refractivity contribution in [1.29, 1.82) is 0 Å². The molecule has 0 bridgehead atoms. The quantitative estimate of drug-likeness (QED) is 0.715. The van der Waals surface area contributed by atoms with Crippen molar-refractivity contribution in [2.45, 2.75) is 26.3 Å². The second kappa shape index (κ2) is 3.90. The van der Waals surface area contributed by atoms with E-state index in [1.165, 1.54) is 0 Å². The first kappa shape index (κ1) is 9.98. The van der Waals surface area contributed by atoms with Crippen LogP contribution in [0.3, 0.4) is 0 Å².